The lowest BCUT2D eigenvalue weighted by Crippen LogP contribution is -2.18. The lowest BCUT2D eigenvalue weighted by molar-refractivity contribution is -0.138. The molecular weight excluding hydrogens is 353 g/mol. The van der Waals surface area contributed by atoms with Gasteiger partial charge in [0.25, 0.3) is 0 Å². The predicted molar refractivity (Wildman–Crippen MR) is 85.6 cm³/mol. The first kappa shape index (κ1) is 19.3. The van der Waals surface area contributed by atoms with Crippen LogP contribution in [0.3, 0.4) is 0 Å². The number of carbonyl (C=O) groups is 2. The topological polar surface area (TPSA) is 61.8 Å². The first-order valence-electron chi connectivity index (χ1n) is 7.36. The van der Waals surface area contributed by atoms with Crippen LogP contribution in [0.1, 0.15) is 26.3 Å². The summed E-state index contributed by atoms with van der Waals surface area (Å²) in [4.78, 5) is 24.1. The van der Waals surface area contributed by atoms with Gasteiger partial charge in [-0.05, 0) is 30.3 Å². The number of halogens is 3. The molecule has 0 aromatic heterocycles. The van der Waals surface area contributed by atoms with Crippen LogP contribution in [0.25, 0.3) is 0 Å². The molecule has 2 aromatic carbocycles. The molecule has 0 aliphatic heterocycles. The van der Waals surface area contributed by atoms with Crippen molar-refractivity contribution in [3.63, 3.8) is 0 Å². The zero-order valence-electron chi connectivity index (χ0n) is 13.9. The summed E-state index contributed by atoms with van der Waals surface area (Å²) >= 11 is 0. The number of ketones is 1. The van der Waals surface area contributed by atoms with Crippen molar-refractivity contribution in [2.24, 2.45) is 0 Å². The highest BCUT2D eigenvalue weighted by atomic mass is 19.4. The summed E-state index contributed by atoms with van der Waals surface area (Å²) in [5.41, 5.74) is -1.61. The lowest BCUT2D eigenvalue weighted by Gasteiger charge is -2.12. The molecule has 0 heterocycles. The molecule has 5 nitrogen and oxygen atoms in total. The molecular formula is C18H15F3O5. The van der Waals surface area contributed by atoms with Gasteiger partial charge in [0.05, 0.1) is 25.3 Å². The summed E-state index contributed by atoms with van der Waals surface area (Å²) in [6, 6.07) is 8.52. The Hall–Kier alpha value is -3.03. The van der Waals surface area contributed by atoms with Gasteiger partial charge in [0, 0.05) is 5.56 Å². The average Bonchev–Trinajstić information content (AvgIpc) is 2.64. The molecule has 0 saturated heterocycles. The van der Waals surface area contributed by atoms with Crippen LogP contribution < -0.4 is 9.47 Å². The van der Waals surface area contributed by atoms with Gasteiger partial charge in [-0.15, -0.1) is 0 Å². The second-order valence-corrected chi connectivity index (χ2v) is 5.11. The molecule has 0 spiro atoms. The Balaban J connectivity index is 2.12. The van der Waals surface area contributed by atoms with E-state index in [2.05, 4.69) is 0 Å². The highest BCUT2D eigenvalue weighted by molar-refractivity contribution is 6.00. The van der Waals surface area contributed by atoms with Crippen molar-refractivity contribution in [2.45, 2.75) is 6.18 Å². The Kier molecular flexibility index (Phi) is 5.86. The van der Waals surface area contributed by atoms with E-state index in [9.17, 15) is 22.8 Å². The number of methoxy groups -OCH3 is 2. The number of hydrogen-bond acceptors (Lipinski definition) is 5. The maximum atomic E-state index is 12.9. The van der Waals surface area contributed by atoms with Crippen molar-refractivity contribution in [3.8, 4) is 11.5 Å². The van der Waals surface area contributed by atoms with Crippen LogP contribution in [0.15, 0.2) is 42.5 Å². The van der Waals surface area contributed by atoms with E-state index < -0.39 is 35.7 Å². The van der Waals surface area contributed by atoms with E-state index in [4.69, 9.17) is 14.2 Å². The first-order valence-corrected chi connectivity index (χ1v) is 7.36. The van der Waals surface area contributed by atoms with E-state index in [1.165, 1.54) is 38.5 Å². The fourth-order valence-electron chi connectivity index (χ4n) is 2.21. The predicted octanol–water partition coefficient (Wildman–Crippen LogP) is 3.76. The van der Waals surface area contributed by atoms with Gasteiger partial charge in [-0.1, -0.05) is 12.1 Å². The van der Waals surface area contributed by atoms with E-state index >= 15 is 0 Å². The number of alkyl halides is 3. The van der Waals surface area contributed by atoms with Crippen molar-refractivity contribution < 1.29 is 37.0 Å². The van der Waals surface area contributed by atoms with Crippen molar-refractivity contribution in [1.82, 2.24) is 0 Å². The van der Waals surface area contributed by atoms with Crippen LogP contribution in [0.2, 0.25) is 0 Å². The van der Waals surface area contributed by atoms with E-state index in [-0.39, 0.29) is 5.56 Å². The zero-order valence-corrected chi connectivity index (χ0v) is 13.9. The van der Waals surface area contributed by atoms with E-state index in [1.807, 2.05) is 0 Å². The summed E-state index contributed by atoms with van der Waals surface area (Å²) in [5, 5.41) is 0. The summed E-state index contributed by atoms with van der Waals surface area (Å²) in [6.07, 6.45) is -4.71. The van der Waals surface area contributed by atoms with Crippen LogP contribution in [0.5, 0.6) is 11.5 Å². The minimum absolute atomic E-state index is 0.166. The fourth-order valence-corrected chi connectivity index (χ4v) is 2.21. The molecule has 0 saturated carbocycles. The van der Waals surface area contributed by atoms with Gasteiger partial charge < -0.3 is 14.2 Å². The molecule has 0 radical (unpaired) electrons. The molecule has 138 valence electrons. The molecule has 0 amide bonds. The van der Waals surface area contributed by atoms with Crippen LogP contribution in [-0.2, 0) is 10.9 Å². The van der Waals surface area contributed by atoms with Gasteiger partial charge in [-0.25, -0.2) is 4.79 Å². The van der Waals surface area contributed by atoms with Gasteiger partial charge >= 0.3 is 12.1 Å². The third kappa shape index (κ3) is 4.33. The van der Waals surface area contributed by atoms with Crippen LogP contribution in [0.4, 0.5) is 13.2 Å². The quantitative estimate of drug-likeness (QED) is 0.574. The number of rotatable bonds is 6. The van der Waals surface area contributed by atoms with Gasteiger partial charge in [-0.3, -0.25) is 4.79 Å². The molecule has 0 atom stereocenters. The second kappa shape index (κ2) is 7.90. The summed E-state index contributed by atoms with van der Waals surface area (Å²) in [5.74, 6) is -1.12. The second-order valence-electron chi connectivity index (χ2n) is 5.11. The number of ether oxygens (including phenoxy) is 3. The van der Waals surface area contributed by atoms with Crippen molar-refractivity contribution in [3.05, 3.63) is 59.2 Å². The third-order valence-corrected chi connectivity index (χ3v) is 3.49. The highest BCUT2D eigenvalue weighted by Gasteiger charge is 2.35. The van der Waals surface area contributed by atoms with Gasteiger partial charge in [0.2, 0.25) is 0 Å². The molecule has 0 fully saturated rings. The molecule has 2 rings (SSSR count). The monoisotopic (exact) mass is 368 g/mol. The number of Topliss-reactive ketones (excluding diaryl/α,β-unsaturated/α-hetero) is 1. The first-order chi connectivity index (χ1) is 12.3. The van der Waals surface area contributed by atoms with Gasteiger partial charge in [0.1, 0.15) is 0 Å². The number of hydrogen-bond donors (Lipinski definition) is 0. The Bertz CT molecular complexity index is 815. The maximum absolute atomic E-state index is 12.9. The molecule has 0 bridgehead atoms. The Labute approximate surface area is 147 Å². The Morgan fingerprint density at radius 1 is 0.962 bits per heavy atom. The molecule has 0 aliphatic carbocycles. The van der Waals surface area contributed by atoms with Gasteiger partial charge in [0.15, 0.2) is 23.9 Å². The summed E-state index contributed by atoms with van der Waals surface area (Å²) in [6.45, 7) is -0.708. The Morgan fingerprint density at radius 3 is 2.23 bits per heavy atom. The van der Waals surface area contributed by atoms with Crippen LogP contribution in [0, 0.1) is 0 Å². The summed E-state index contributed by atoms with van der Waals surface area (Å²) < 4.78 is 53.6. The SMILES string of the molecule is COc1ccc(C(=O)COC(=O)c2ccccc2C(F)(F)F)cc1OC. The smallest absolute Gasteiger partial charge is 0.417 e. The molecule has 0 aliphatic rings. The molecule has 0 unspecified atom stereocenters. The van der Waals surface area contributed by atoms with E-state index in [0.717, 1.165) is 18.2 Å². The van der Waals surface area contributed by atoms with Crippen molar-refractivity contribution in [1.29, 1.82) is 0 Å². The maximum Gasteiger partial charge on any atom is 0.417 e. The van der Waals surface area contributed by atoms with Crippen LogP contribution >= 0.6 is 0 Å². The van der Waals surface area contributed by atoms with Gasteiger partial charge in [-0.2, -0.15) is 13.2 Å². The van der Waals surface area contributed by atoms with E-state index in [1.54, 1.807) is 0 Å². The van der Waals surface area contributed by atoms with Crippen LogP contribution in [-0.4, -0.2) is 32.6 Å². The fraction of sp³-hybridized carbons (Fsp3) is 0.222. The molecule has 26 heavy (non-hydrogen) atoms. The molecule has 2 aromatic rings. The average molecular weight is 368 g/mol. The standard InChI is InChI=1S/C18H15F3O5/c1-24-15-8-7-11(9-16(15)25-2)14(22)10-26-17(23)12-5-3-4-6-13(12)18(19,20)21/h3-9H,10H2,1-2H3. The van der Waals surface area contributed by atoms with Crippen molar-refractivity contribution in [2.75, 3.05) is 20.8 Å². The largest absolute Gasteiger partial charge is 0.493 e. The highest BCUT2D eigenvalue weighted by Crippen LogP contribution is 2.32. The minimum atomic E-state index is -4.71. The normalized spacial score (nSPS) is 11.0. The zero-order chi connectivity index (χ0) is 19.3. The number of esters is 1. The lowest BCUT2D eigenvalue weighted by atomic mass is 10.1. The Morgan fingerprint density at radius 2 is 1.62 bits per heavy atom. The molecule has 0 N–H and O–H groups in total. The number of carbonyl (C=O) groups excluding carboxylic acids is 2. The third-order valence-electron chi connectivity index (χ3n) is 3.49. The summed E-state index contributed by atoms with van der Waals surface area (Å²) in [7, 11) is 2.82. The van der Waals surface area contributed by atoms with E-state index in [0.29, 0.717) is 11.5 Å². The number of benzene rings is 2. The molecule has 8 heteroatoms. The van der Waals surface area contributed by atoms with Crippen molar-refractivity contribution >= 4 is 11.8 Å². The minimum Gasteiger partial charge on any atom is -0.493 e.